The number of hydrogen-bond acceptors (Lipinski definition) is 2. The van der Waals surface area contributed by atoms with Crippen molar-refractivity contribution in [3.05, 3.63) is 35.9 Å². The van der Waals surface area contributed by atoms with Crippen molar-refractivity contribution in [1.82, 2.24) is 4.90 Å². The molecule has 1 amide bonds. The van der Waals surface area contributed by atoms with Crippen LogP contribution in [0, 0.1) is 0 Å². The molecule has 0 bridgehead atoms. The molecule has 2 atom stereocenters. The summed E-state index contributed by atoms with van der Waals surface area (Å²) in [6, 6.07) is 10.7. The van der Waals surface area contributed by atoms with Crippen LogP contribution < -0.4 is 0 Å². The minimum atomic E-state index is -0.222. The predicted octanol–water partition coefficient (Wildman–Crippen LogP) is 2.89. The predicted molar refractivity (Wildman–Crippen MR) is 81.1 cm³/mol. The minimum Gasteiger partial charge on any atom is -0.374 e. The van der Waals surface area contributed by atoms with E-state index in [-0.39, 0.29) is 11.5 Å². The van der Waals surface area contributed by atoms with E-state index in [1.165, 1.54) is 18.4 Å². The summed E-state index contributed by atoms with van der Waals surface area (Å²) < 4.78 is 5.91. The van der Waals surface area contributed by atoms with Crippen molar-refractivity contribution in [2.24, 2.45) is 0 Å². The Labute approximate surface area is 126 Å². The molecule has 0 spiro atoms. The number of amides is 1. The van der Waals surface area contributed by atoms with Gasteiger partial charge in [-0.25, -0.2) is 0 Å². The summed E-state index contributed by atoms with van der Waals surface area (Å²) in [5, 5.41) is 0. The molecule has 3 heteroatoms. The van der Waals surface area contributed by atoms with Crippen molar-refractivity contribution in [2.45, 2.75) is 56.1 Å². The maximum Gasteiger partial charge on any atom is 0.233 e. The summed E-state index contributed by atoms with van der Waals surface area (Å²) >= 11 is 0. The number of ether oxygens (including phenoxy) is 1. The number of morpholine rings is 1. The molecule has 0 N–H and O–H groups in total. The van der Waals surface area contributed by atoms with E-state index in [0.717, 1.165) is 32.2 Å². The van der Waals surface area contributed by atoms with Gasteiger partial charge < -0.3 is 9.64 Å². The Morgan fingerprint density at radius 3 is 2.67 bits per heavy atom. The van der Waals surface area contributed by atoms with Gasteiger partial charge in [-0.2, -0.15) is 0 Å². The maximum atomic E-state index is 13.2. The molecular weight excluding hydrogens is 262 g/mol. The number of rotatable bonds is 2. The fourth-order valence-corrected chi connectivity index (χ4v) is 4.13. The van der Waals surface area contributed by atoms with Crippen LogP contribution in [0.2, 0.25) is 0 Å². The molecule has 112 valence electrons. The summed E-state index contributed by atoms with van der Waals surface area (Å²) in [5.41, 5.74) is 0.981. The molecule has 2 aliphatic carbocycles. The van der Waals surface area contributed by atoms with Gasteiger partial charge in [-0.3, -0.25) is 4.79 Å². The van der Waals surface area contributed by atoms with Crippen LogP contribution in [0.25, 0.3) is 0 Å². The minimum absolute atomic E-state index is 0.222. The first-order valence-corrected chi connectivity index (χ1v) is 8.29. The zero-order valence-corrected chi connectivity index (χ0v) is 12.5. The summed E-state index contributed by atoms with van der Waals surface area (Å²) in [4.78, 5) is 15.4. The third-order valence-corrected chi connectivity index (χ3v) is 5.48. The van der Waals surface area contributed by atoms with E-state index in [9.17, 15) is 4.79 Å². The number of carbonyl (C=O) groups is 1. The van der Waals surface area contributed by atoms with Gasteiger partial charge in [0.05, 0.1) is 24.2 Å². The molecule has 1 aromatic carbocycles. The average Bonchev–Trinajstić information content (AvgIpc) is 3.36. The summed E-state index contributed by atoms with van der Waals surface area (Å²) in [6.45, 7) is 1.48. The summed E-state index contributed by atoms with van der Waals surface area (Å²) in [6.07, 6.45) is 6.99. The van der Waals surface area contributed by atoms with Gasteiger partial charge in [-0.15, -0.1) is 0 Å². The lowest BCUT2D eigenvalue weighted by atomic mass is 9.87. The third kappa shape index (κ3) is 2.18. The van der Waals surface area contributed by atoms with E-state index in [1.807, 2.05) is 18.2 Å². The lowest BCUT2D eigenvalue weighted by Gasteiger charge is -2.45. The van der Waals surface area contributed by atoms with Crippen LogP contribution in [0.3, 0.4) is 0 Å². The molecule has 21 heavy (non-hydrogen) atoms. The van der Waals surface area contributed by atoms with E-state index in [1.54, 1.807) is 0 Å². The fraction of sp³-hybridized carbons (Fsp3) is 0.611. The molecule has 3 nitrogen and oxygen atoms in total. The van der Waals surface area contributed by atoms with Crippen LogP contribution in [0.4, 0.5) is 0 Å². The Morgan fingerprint density at radius 2 is 1.90 bits per heavy atom. The van der Waals surface area contributed by atoms with E-state index in [2.05, 4.69) is 17.0 Å². The van der Waals surface area contributed by atoms with Gasteiger partial charge in [0.2, 0.25) is 5.91 Å². The van der Waals surface area contributed by atoms with Gasteiger partial charge in [0.15, 0.2) is 0 Å². The smallest absolute Gasteiger partial charge is 0.233 e. The third-order valence-electron chi connectivity index (χ3n) is 5.48. The molecule has 1 saturated heterocycles. The van der Waals surface area contributed by atoms with Gasteiger partial charge >= 0.3 is 0 Å². The Hall–Kier alpha value is -1.35. The van der Waals surface area contributed by atoms with Crippen molar-refractivity contribution >= 4 is 5.91 Å². The molecule has 0 unspecified atom stereocenters. The van der Waals surface area contributed by atoms with E-state index >= 15 is 0 Å². The Morgan fingerprint density at radius 1 is 1.14 bits per heavy atom. The number of carbonyl (C=O) groups excluding carboxylic acids is 1. The number of hydrogen-bond donors (Lipinski definition) is 0. The van der Waals surface area contributed by atoms with Gasteiger partial charge in [0.25, 0.3) is 0 Å². The topological polar surface area (TPSA) is 29.5 Å². The summed E-state index contributed by atoms with van der Waals surface area (Å²) in [5.74, 6) is 0.355. The monoisotopic (exact) mass is 285 g/mol. The molecule has 2 saturated carbocycles. The molecule has 0 aromatic heterocycles. The van der Waals surface area contributed by atoms with Crippen LogP contribution >= 0.6 is 0 Å². The zero-order valence-electron chi connectivity index (χ0n) is 12.5. The quantitative estimate of drug-likeness (QED) is 0.836. The Balaban J connectivity index is 1.59. The molecular formula is C18H23NO2. The second-order valence-corrected chi connectivity index (χ2v) is 6.71. The van der Waals surface area contributed by atoms with Crippen molar-refractivity contribution in [3.8, 4) is 0 Å². The van der Waals surface area contributed by atoms with E-state index in [4.69, 9.17) is 4.74 Å². The molecule has 3 aliphatic rings. The van der Waals surface area contributed by atoms with Crippen LogP contribution in [-0.4, -0.2) is 36.1 Å². The van der Waals surface area contributed by atoms with Crippen LogP contribution in [0.5, 0.6) is 0 Å². The van der Waals surface area contributed by atoms with Crippen molar-refractivity contribution in [1.29, 1.82) is 0 Å². The van der Waals surface area contributed by atoms with Gasteiger partial charge in [-0.05, 0) is 31.2 Å². The molecule has 3 fully saturated rings. The standard InChI is InChI=1S/C18H23NO2/c20-17(18(10-11-18)14-6-2-1-3-7-14)19-12-13-21-16-9-5-4-8-15(16)19/h1-3,6-7,15-16H,4-5,8-13H2/t15-,16+/m0/s1. The first-order valence-electron chi connectivity index (χ1n) is 8.29. The maximum absolute atomic E-state index is 13.2. The second kappa shape index (κ2) is 5.13. The van der Waals surface area contributed by atoms with Crippen molar-refractivity contribution < 1.29 is 9.53 Å². The van der Waals surface area contributed by atoms with Gasteiger partial charge in [-0.1, -0.05) is 43.2 Å². The fourth-order valence-electron chi connectivity index (χ4n) is 4.13. The summed E-state index contributed by atoms with van der Waals surface area (Å²) in [7, 11) is 0. The largest absolute Gasteiger partial charge is 0.374 e. The van der Waals surface area contributed by atoms with Crippen molar-refractivity contribution in [3.63, 3.8) is 0 Å². The Bertz CT molecular complexity index is 521. The SMILES string of the molecule is O=C(N1CCO[C@@H]2CCCC[C@@H]21)C1(c2ccccc2)CC1. The number of benzene rings is 1. The van der Waals surface area contributed by atoms with Crippen LogP contribution in [0.15, 0.2) is 30.3 Å². The van der Waals surface area contributed by atoms with Gasteiger partial charge in [0.1, 0.15) is 0 Å². The second-order valence-electron chi connectivity index (χ2n) is 6.71. The molecule has 1 aromatic rings. The molecule has 0 radical (unpaired) electrons. The highest BCUT2D eigenvalue weighted by molar-refractivity contribution is 5.91. The molecule has 4 rings (SSSR count). The lowest BCUT2D eigenvalue weighted by molar-refractivity contribution is -0.152. The van der Waals surface area contributed by atoms with Crippen LogP contribution in [0.1, 0.15) is 44.1 Å². The zero-order chi connectivity index (χ0) is 14.3. The molecule has 1 heterocycles. The lowest BCUT2D eigenvalue weighted by Crippen LogP contribution is -2.57. The highest BCUT2D eigenvalue weighted by atomic mass is 16.5. The Kier molecular flexibility index (Phi) is 3.26. The highest BCUT2D eigenvalue weighted by Crippen LogP contribution is 2.50. The highest BCUT2D eigenvalue weighted by Gasteiger charge is 2.54. The molecule has 1 aliphatic heterocycles. The van der Waals surface area contributed by atoms with Crippen LogP contribution in [-0.2, 0) is 14.9 Å². The van der Waals surface area contributed by atoms with E-state index < -0.39 is 0 Å². The van der Waals surface area contributed by atoms with Gasteiger partial charge in [0, 0.05) is 6.54 Å². The first-order chi connectivity index (χ1) is 10.3. The number of fused-ring (bicyclic) bond motifs is 1. The van der Waals surface area contributed by atoms with E-state index in [0.29, 0.717) is 18.6 Å². The first kappa shape index (κ1) is 13.3. The average molecular weight is 285 g/mol. The van der Waals surface area contributed by atoms with Crippen molar-refractivity contribution in [2.75, 3.05) is 13.2 Å². The number of nitrogens with zero attached hydrogens (tertiary/aromatic N) is 1. The normalized spacial score (nSPS) is 30.6.